The van der Waals surface area contributed by atoms with E-state index < -0.39 is 0 Å². The maximum Gasteiger partial charge on any atom is 0.124 e. The Morgan fingerprint density at radius 3 is 2.75 bits per heavy atom. The fraction of sp³-hybridized carbons (Fsp3) is 0.500. The van der Waals surface area contributed by atoms with Crippen LogP contribution in [0.1, 0.15) is 18.5 Å². The van der Waals surface area contributed by atoms with Gasteiger partial charge in [0.15, 0.2) is 0 Å². The molecule has 90 valence electrons. The summed E-state index contributed by atoms with van der Waals surface area (Å²) in [5.41, 5.74) is 0.960. The molecule has 0 amide bonds. The first-order valence-electron chi connectivity index (χ1n) is 5.36. The van der Waals surface area contributed by atoms with Crippen molar-refractivity contribution in [1.82, 2.24) is 10.2 Å². The summed E-state index contributed by atoms with van der Waals surface area (Å²) in [5.74, 6) is -0.293. The second kappa shape index (κ2) is 6.18. The van der Waals surface area contributed by atoms with Gasteiger partial charge in [-0.2, -0.15) is 0 Å². The van der Waals surface area contributed by atoms with Crippen molar-refractivity contribution < 1.29 is 4.39 Å². The van der Waals surface area contributed by atoms with Gasteiger partial charge in [-0.05, 0) is 38.7 Å². The van der Waals surface area contributed by atoms with Crippen LogP contribution in [0.25, 0.3) is 0 Å². The Labute approximate surface area is 101 Å². The lowest BCUT2D eigenvalue weighted by molar-refractivity contribution is 0.263. The monoisotopic (exact) mass is 244 g/mol. The van der Waals surface area contributed by atoms with Gasteiger partial charge in [0.1, 0.15) is 5.82 Å². The van der Waals surface area contributed by atoms with Crippen LogP contribution >= 0.6 is 11.6 Å². The predicted molar refractivity (Wildman–Crippen MR) is 66.4 cm³/mol. The van der Waals surface area contributed by atoms with Crippen LogP contribution in [0.3, 0.4) is 0 Å². The summed E-state index contributed by atoms with van der Waals surface area (Å²) < 4.78 is 12.9. The van der Waals surface area contributed by atoms with Crippen LogP contribution in [0.15, 0.2) is 18.2 Å². The number of likely N-dealkylation sites (N-methyl/N-ethyl adjacent to an activating group) is 2. The average Bonchev–Trinajstić information content (AvgIpc) is 2.25. The molecular formula is C12H18ClFN2. The molecule has 1 rings (SSSR count). The number of nitrogens with zero attached hydrogens (tertiary/aromatic N) is 1. The highest BCUT2D eigenvalue weighted by Crippen LogP contribution is 2.26. The molecule has 0 aliphatic rings. The minimum Gasteiger partial charge on any atom is -0.318 e. The van der Waals surface area contributed by atoms with Crippen molar-refractivity contribution in [3.63, 3.8) is 0 Å². The Morgan fingerprint density at radius 2 is 2.19 bits per heavy atom. The SMILES string of the molecule is CNCCN(C)C(C)c1ccc(F)cc1Cl. The van der Waals surface area contributed by atoms with Crippen molar-refractivity contribution in [3.8, 4) is 0 Å². The van der Waals surface area contributed by atoms with Gasteiger partial charge in [-0.15, -0.1) is 0 Å². The molecule has 16 heavy (non-hydrogen) atoms. The van der Waals surface area contributed by atoms with E-state index in [1.54, 1.807) is 6.07 Å². The van der Waals surface area contributed by atoms with Crippen LogP contribution < -0.4 is 5.32 Å². The van der Waals surface area contributed by atoms with E-state index in [1.165, 1.54) is 12.1 Å². The van der Waals surface area contributed by atoms with Gasteiger partial charge >= 0.3 is 0 Å². The third kappa shape index (κ3) is 3.44. The van der Waals surface area contributed by atoms with Gasteiger partial charge in [0, 0.05) is 24.2 Å². The molecule has 1 aromatic carbocycles. The number of halogens is 2. The molecule has 1 unspecified atom stereocenters. The minimum atomic E-state index is -0.293. The van der Waals surface area contributed by atoms with Crippen LogP contribution in [0.2, 0.25) is 5.02 Å². The molecule has 1 atom stereocenters. The van der Waals surface area contributed by atoms with E-state index in [2.05, 4.69) is 17.1 Å². The molecule has 1 aromatic rings. The summed E-state index contributed by atoms with van der Waals surface area (Å²) >= 11 is 6.02. The largest absolute Gasteiger partial charge is 0.318 e. The number of benzene rings is 1. The number of hydrogen-bond acceptors (Lipinski definition) is 2. The third-order valence-electron chi connectivity index (χ3n) is 2.79. The lowest BCUT2D eigenvalue weighted by atomic mass is 10.1. The van der Waals surface area contributed by atoms with Crippen molar-refractivity contribution in [2.45, 2.75) is 13.0 Å². The lowest BCUT2D eigenvalue weighted by Gasteiger charge is -2.25. The highest BCUT2D eigenvalue weighted by Gasteiger charge is 2.14. The Bertz CT molecular complexity index is 344. The number of nitrogens with one attached hydrogen (secondary N) is 1. The maximum atomic E-state index is 12.9. The van der Waals surface area contributed by atoms with Crippen molar-refractivity contribution in [2.75, 3.05) is 27.2 Å². The molecule has 4 heteroatoms. The van der Waals surface area contributed by atoms with E-state index >= 15 is 0 Å². The van der Waals surface area contributed by atoms with E-state index in [0.717, 1.165) is 18.7 Å². The second-order valence-corrected chi connectivity index (χ2v) is 4.33. The summed E-state index contributed by atoms with van der Waals surface area (Å²) in [6.07, 6.45) is 0. The topological polar surface area (TPSA) is 15.3 Å². The molecule has 0 aliphatic carbocycles. The van der Waals surface area contributed by atoms with Gasteiger partial charge in [0.25, 0.3) is 0 Å². The molecule has 0 aliphatic heterocycles. The molecule has 0 spiro atoms. The Hall–Kier alpha value is -0.640. The van der Waals surface area contributed by atoms with Gasteiger partial charge in [0.2, 0.25) is 0 Å². The summed E-state index contributed by atoms with van der Waals surface area (Å²) in [6.45, 7) is 3.90. The second-order valence-electron chi connectivity index (χ2n) is 3.93. The van der Waals surface area contributed by atoms with Gasteiger partial charge in [-0.3, -0.25) is 4.90 Å². The summed E-state index contributed by atoms with van der Waals surface area (Å²) in [7, 11) is 3.95. The molecule has 0 heterocycles. The van der Waals surface area contributed by atoms with Crippen molar-refractivity contribution in [3.05, 3.63) is 34.6 Å². The summed E-state index contributed by atoms with van der Waals surface area (Å²) in [5, 5.41) is 3.58. The molecule has 0 saturated carbocycles. The van der Waals surface area contributed by atoms with Gasteiger partial charge in [0.05, 0.1) is 0 Å². The van der Waals surface area contributed by atoms with Crippen LogP contribution in [-0.2, 0) is 0 Å². The molecule has 0 bridgehead atoms. The number of hydrogen-bond donors (Lipinski definition) is 1. The summed E-state index contributed by atoms with van der Waals surface area (Å²) in [6, 6.07) is 4.74. The smallest absolute Gasteiger partial charge is 0.124 e. The lowest BCUT2D eigenvalue weighted by Crippen LogP contribution is -2.29. The van der Waals surface area contributed by atoms with E-state index in [-0.39, 0.29) is 11.9 Å². The molecular weight excluding hydrogens is 227 g/mol. The van der Waals surface area contributed by atoms with Crippen LogP contribution in [-0.4, -0.2) is 32.1 Å². The molecule has 0 radical (unpaired) electrons. The zero-order valence-electron chi connectivity index (χ0n) is 9.93. The standard InChI is InChI=1S/C12H18ClFN2/c1-9(16(3)7-6-15-2)11-5-4-10(14)8-12(11)13/h4-5,8-9,15H,6-7H2,1-3H3. The number of rotatable bonds is 5. The highest BCUT2D eigenvalue weighted by molar-refractivity contribution is 6.31. The fourth-order valence-corrected chi connectivity index (χ4v) is 1.88. The van der Waals surface area contributed by atoms with Crippen LogP contribution in [0, 0.1) is 5.82 Å². The first-order chi connectivity index (χ1) is 7.56. The Kier molecular flexibility index (Phi) is 5.19. The maximum absolute atomic E-state index is 12.9. The molecule has 1 N–H and O–H groups in total. The molecule has 0 aromatic heterocycles. The quantitative estimate of drug-likeness (QED) is 0.857. The molecule has 2 nitrogen and oxygen atoms in total. The van der Waals surface area contributed by atoms with Gasteiger partial charge < -0.3 is 5.32 Å². The highest BCUT2D eigenvalue weighted by atomic mass is 35.5. The van der Waals surface area contributed by atoms with Gasteiger partial charge in [-0.1, -0.05) is 17.7 Å². The van der Waals surface area contributed by atoms with E-state index in [1.807, 2.05) is 14.1 Å². The fourth-order valence-electron chi connectivity index (χ4n) is 1.56. The van der Waals surface area contributed by atoms with E-state index in [9.17, 15) is 4.39 Å². The summed E-state index contributed by atoms with van der Waals surface area (Å²) in [4.78, 5) is 2.18. The van der Waals surface area contributed by atoms with Crippen LogP contribution in [0.4, 0.5) is 4.39 Å². The minimum absolute atomic E-state index is 0.182. The van der Waals surface area contributed by atoms with E-state index in [4.69, 9.17) is 11.6 Å². The molecule has 0 saturated heterocycles. The van der Waals surface area contributed by atoms with Crippen LogP contribution in [0.5, 0.6) is 0 Å². The zero-order valence-corrected chi connectivity index (χ0v) is 10.7. The first kappa shape index (κ1) is 13.4. The molecule has 0 fully saturated rings. The van der Waals surface area contributed by atoms with E-state index in [0.29, 0.717) is 5.02 Å². The predicted octanol–water partition coefficient (Wildman–Crippen LogP) is 2.69. The van der Waals surface area contributed by atoms with Crippen molar-refractivity contribution >= 4 is 11.6 Å². The average molecular weight is 245 g/mol. The normalized spacial score (nSPS) is 13.1. The Balaban J connectivity index is 2.75. The third-order valence-corrected chi connectivity index (χ3v) is 3.12. The van der Waals surface area contributed by atoms with Gasteiger partial charge in [-0.25, -0.2) is 4.39 Å². The van der Waals surface area contributed by atoms with Crippen molar-refractivity contribution in [2.24, 2.45) is 0 Å². The Morgan fingerprint density at radius 1 is 1.50 bits per heavy atom. The van der Waals surface area contributed by atoms with Crippen molar-refractivity contribution in [1.29, 1.82) is 0 Å². The first-order valence-corrected chi connectivity index (χ1v) is 5.74. The zero-order chi connectivity index (χ0) is 12.1.